The lowest BCUT2D eigenvalue weighted by Gasteiger charge is -2.42. The van der Waals surface area contributed by atoms with Crippen LogP contribution in [0.5, 0.6) is 5.75 Å². The van der Waals surface area contributed by atoms with Crippen LogP contribution >= 0.6 is 0 Å². The molecule has 1 saturated heterocycles. The van der Waals surface area contributed by atoms with E-state index in [1.165, 1.54) is 37.7 Å². The van der Waals surface area contributed by atoms with Gasteiger partial charge in [0.25, 0.3) is 0 Å². The van der Waals surface area contributed by atoms with Gasteiger partial charge in [-0.1, -0.05) is 31.4 Å². The normalized spacial score (nSPS) is 30.4. The molecule has 128 valence electrons. The molecule has 1 heterocycles. The summed E-state index contributed by atoms with van der Waals surface area (Å²) in [6, 6.07) is 8.44. The zero-order valence-electron chi connectivity index (χ0n) is 14.4. The summed E-state index contributed by atoms with van der Waals surface area (Å²) in [5.41, 5.74) is 1.20. The van der Waals surface area contributed by atoms with Gasteiger partial charge in [0.05, 0.1) is 0 Å². The molecule has 3 rings (SSSR count). The fourth-order valence-corrected chi connectivity index (χ4v) is 4.11. The van der Waals surface area contributed by atoms with Crippen LogP contribution in [0.15, 0.2) is 24.3 Å². The van der Waals surface area contributed by atoms with Crippen molar-refractivity contribution >= 4 is 0 Å². The smallest absolute Gasteiger partial charge is 0.126 e. The molecular weight excluding hydrogens is 286 g/mol. The second kappa shape index (κ2) is 8.16. The Labute approximate surface area is 140 Å². The summed E-state index contributed by atoms with van der Waals surface area (Å²) in [5, 5.41) is 10.9. The van der Waals surface area contributed by atoms with E-state index in [4.69, 9.17) is 4.74 Å². The van der Waals surface area contributed by atoms with Crippen molar-refractivity contribution in [3.05, 3.63) is 29.8 Å². The molecule has 3 heteroatoms. The predicted octanol–water partition coefficient (Wildman–Crippen LogP) is 3.92. The van der Waals surface area contributed by atoms with Gasteiger partial charge in [0.1, 0.15) is 18.0 Å². The molecule has 1 aliphatic carbocycles. The Bertz CT molecular complexity index is 482. The number of benzene rings is 1. The first-order chi connectivity index (χ1) is 11.2. The van der Waals surface area contributed by atoms with Crippen molar-refractivity contribution in [2.45, 2.75) is 76.5 Å². The fraction of sp³-hybridized carbons (Fsp3) is 0.700. The zero-order chi connectivity index (χ0) is 16.1. The van der Waals surface area contributed by atoms with Crippen molar-refractivity contribution in [2.24, 2.45) is 0 Å². The molecule has 1 aromatic rings. The molecule has 0 aromatic heterocycles. The van der Waals surface area contributed by atoms with Crippen LogP contribution < -0.4 is 4.74 Å². The van der Waals surface area contributed by atoms with Crippen molar-refractivity contribution < 1.29 is 9.84 Å². The first-order valence-corrected chi connectivity index (χ1v) is 9.39. The maximum absolute atomic E-state index is 10.9. The van der Waals surface area contributed by atoms with Gasteiger partial charge in [-0.05, 0) is 69.8 Å². The number of likely N-dealkylation sites (tertiary alicyclic amines) is 1. The summed E-state index contributed by atoms with van der Waals surface area (Å²) in [7, 11) is 0. The molecule has 1 N–H and O–H groups in total. The Morgan fingerprint density at radius 3 is 2.48 bits per heavy atom. The Morgan fingerprint density at radius 2 is 1.74 bits per heavy atom. The van der Waals surface area contributed by atoms with E-state index in [9.17, 15) is 5.11 Å². The molecule has 3 atom stereocenters. The molecule has 1 aromatic carbocycles. The highest BCUT2D eigenvalue weighted by molar-refractivity contribution is 5.27. The summed E-state index contributed by atoms with van der Waals surface area (Å²) in [4.78, 5) is 2.54. The largest absolute Gasteiger partial charge is 0.488 e. The molecule has 2 fully saturated rings. The third-order valence-electron chi connectivity index (χ3n) is 5.40. The molecule has 1 aliphatic heterocycles. The minimum Gasteiger partial charge on any atom is -0.488 e. The van der Waals surface area contributed by atoms with Gasteiger partial charge in [0.2, 0.25) is 0 Å². The highest BCUT2D eigenvalue weighted by atomic mass is 16.5. The van der Waals surface area contributed by atoms with E-state index in [-0.39, 0.29) is 18.2 Å². The summed E-state index contributed by atoms with van der Waals surface area (Å²) in [6.45, 7) is 4.35. The first-order valence-electron chi connectivity index (χ1n) is 9.39. The molecule has 23 heavy (non-hydrogen) atoms. The van der Waals surface area contributed by atoms with Gasteiger partial charge in [-0.15, -0.1) is 0 Å². The molecule has 0 amide bonds. The lowest BCUT2D eigenvalue weighted by molar-refractivity contribution is -0.0550. The number of aliphatic hydroxyl groups is 1. The van der Waals surface area contributed by atoms with E-state index in [2.05, 4.69) is 24.0 Å². The van der Waals surface area contributed by atoms with Gasteiger partial charge < -0.3 is 9.84 Å². The molecule has 0 bridgehead atoms. The monoisotopic (exact) mass is 317 g/mol. The molecule has 3 nitrogen and oxygen atoms in total. The Kier molecular flexibility index (Phi) is 5.96. The van der Waals surface area contributed by atoms with Crippen LogP contribution in [-0.2, 0) is 0 Å². The Balaban J connectivity index is 1.64. The molecular formula is C20H31NO2. The van der Waals surface area contributed by atoms with Crippen LogP contribution in [0.25, 0.3) is 0 Å². The van der Waals surface area contributed by atoms with E-state index in [0.29, 0.717) is 0 Å². The Morgan fingerprint density at radius 1 is 1.00 bits per heavy atom. The minimum atomic E-state index is -0.372. The topological polar surface area (TPSA) is 32.7 Å². The average molecular weight is 317 g/mol. The number of aliphatic hydroxyl groups excluding tert-OH is 1. The average Bonchev–Trinajstić information content (AvgIpc) is 2.50. The minimum absolute atomic E-state index is 0.0685. The number of hydrogen-bond donors (Lipinski definition) is 1. The van der Waals surface area contributed by atoms with Crippen LogP contribution in [-0.4, -0.2) is 41.3 Å². The van der Waals surface area contributed by atoms with Gasteiger partial charge >= 0.3 is 0 Å². The van der Waals surface area contributed by atoms with Crippen LogP contribution in [0.1, 0.15) is 56.9 Å². The van der Waals surface area contributed by atoms with Crippen LogP contribution in [0.2, 0.25) is 0 Å². The summed E-state index contributed by atoms with van der Waals surface area (Å²) in [5.74, 6) is 0.891. The standard InChI is InChI=1S/C20H31NO2/c1-16-9-7-10-17(15-16)23-19-12-8-11-18(20(19)22)21-13-5-3-2-4-6-14-21/h7,9-10,15,18-20,22H,2-6,8,11-14H2,1H3/t18-,19+,20+/m0/s1. The van der Waals surface area contributed by atoms with E-state index in [1.807, 2.05) is 12.1 Å². The Hall–Kier alpha value is -1.06. The number of hydrogen-bond acceptors (Lipinski definition) is 3. The van der Waals surface area contributed by atoms with E-state index < -0.39 is 0 Å². The summed E-state index contributed by atoms with van der Waals surface area (Å²) < 4.78 is 6.15. The molecule has 2 aliphatic rings. The fourth-order valence-electron chi connectivity index (χ4n) is 4.11. The van der Waals surface area contributed by atoms with E-state index >= 15 is 0 Å². The lowest BCUT2D eigenvalue weighted by atomic mass is 9.88. The lowest BCUT2D eigenvalue weighted by Crippen LogP contribution is -2.53. The molecule has 0 unspecified atom stereocenters. The maximum atomic E-state index is 10.9. The third-order valence-corrected chi connectivity index (χ3v) is 5.40. The van der Waals surface area contributed by atoms with Crippen molar-refractivity contribution in [3.63, 3.8) is 0 Å². The molecule has 1 saturated carbocycles. The van der Waals surface area contributed by atoms with Crippen molar-refractivity contribution in [1.29, 1.82) is 0 Å². The maximum Gasteiger partial charge on any atom is 0.126 e. The molecule has 0 radical (unpaired) electrons. The van der Waals surface area contributed by atoms with Gasteiger partial charge in [-0.25, -0.2) is 0 Å². The van der Waals surface area contributed by atoms with Gasteiger partial charge in [-0.2, -0.15) is 0 Å². The second-order valence-corrected chi connectivity index (χ2v) is 7.27. The van der Waals surface area contributed by atoms with Crippen LogP contribution in [0.3, 0.4) is 0 Å². The van der Waals surface area contributed by atoms with Crippen molar-refractivity contribution in [2.75, 3.05) is 13.1 Å². The zero-order valence-corrected chi connectivity index (χ0v) is 14.4. The quantitative estimate of drug-likeness (QED) is 0.917. The highest BCUT2D eigenvalue weighted by Gasteiger charge is 2.36. The van der Waals surface area contributed by atoms with Crippen molar-refractivity contribution in [1.82, 2.24) is 4.90 Å². The number of rotatable bonds is 3. The number of aryl methyl sites for hydroxylation is 1. The van der Waals surface area contributed by atoms with Gasteiger partial charge in [-0.3, -0.25) is 4.90 Å². The molecule has 0 spiro atoms. The van der Waals surface area contributed by atoms with Crippen LogP contribution in [0, 0.1) is 6.92 Å². The third kappa shape index (κ3) is 4.48. The first kappa shape index (κ1) is 16.8. The van der Waals surface area contributed by atoms with E-state index in [1.54, 1.807) is 0 Å². The summed E-state index contributed by atoms with van der Waals surface area (Å²) in [6.07, 6.45) is 9.36. The highest BCUT2D eigenvalue weighted by Crippen LogP contribution is 2.29. The number of ether oxygens (including phenoxy) is 1. The van der Waals surface area contributed by atoms with E-state index in [0.717, 1.165) is 38.1 Å². The van der Waals surface area contributed by atoms with Crippen molar-refractivity contribution in [3.8, 4) is 5.75 Å². The van der Waals surface area contributed by atoms with Gasteiger partial charge in [0.15, 0.2) is 0 Å². The second-order valence-electron chi connectivity index (χ2n) is 7.27. The SMILES string of the molecule is Cc1cccc(O[C@@H]2CCC[C@H](N3CCCCCCC3)[C@H]2O)c1. The predicted molar refractivity (Wildman–Crippen MR) is 93.9 cm³/mol. The van der Waals surface area contributed by atoms with Crippen LogP contribution in [0.4, 0.5) is 0 Å². The summed E-state index contributed by atoms with van der Waals surface area (Å²) >= 11 is 0. The number of nitrogens with zero attached hydrogens (tertiary/aromatic N) is 1. The van der Waals surface area contributed by atoms with Gasteiger partial charge in [0, 0.05) is 6.04 Å².